The van der Waals surface area contributed by atoms with Gasteiger partial charge in [0.25, 0.3) is 0 Å². The van der Waals surface area contributed by atoms with Crippen LogP contribution in [0.1, 0.15) is 17.3 Å². The number of carbonyl (C=O) groups excluding carboxylic acids is 1. The molecule has 0 atom stereocenters. The van der Waals surface area contributed by atoms with E-state index >= 15 is 0 Å². The average molecular weight is 215 g/mol. The Morgan fingerprint density at radius 1 is 1.43 bits per heavy atom. The maximum atomic E-state index is 10.6. The molecule has 0 aliphatic heterocycles. The fourth-order valence-corrected chi connectivity index (χ4v) is 1.09. The first-order valence-corrected chi connectivity index (χ1v) is 4.10. The standard InChI is InChI=1S/C9H7ClO4/c1-5(11)14-8-3-2-6(9(12)13)4-7(8)10/h2-4H,1H3,(H,12,13). The number of benzene rings is 1. The predicted octanol–water partition coefficient (Wildman–Crippen LogP) is 1.96. The Labute approximate surface area is 85.1 Å². The van der Waals surface area contributed by atoms with E-state index in [1.165, 1.54) is 25.1 Å². The van der Waals surface area contributed by atoms with Gasteiger partial charge in [-0.2, -0.15) is 0 Å². The number of carbonyl (C=O) groups is 2. The van der Waals surface area contributed by atoms with E-state index < -0.39 is 11.9 Å². The van der Waals surface area contributed by atoms with Crippen LogP contribution in [-0.4, -0.2) is 17.0 Å². The van der Waals surface area contributed by atoms with E-state index in [0.29, 0.717) is 0 Å². The van der Waals surface area contributed by atoms with Gasteiger partial charge in [0.05, 0.1) is 10.6 Å². The molecule has 0 fully saturated rings. The van der Waals surface area contributed by atoms with Crippen LogP contribution in [0, 0.1) is 0 Å². The molecule has 0 aliphatic rings. The number of halogens is 1. The molecule has 5 heteroatoms. The van der Waals surface area contributed by atoms with Crippen LogP contribution < -0.4 is 4.74 Å². The summed E-state index contributed by atoms with van der Waals surface area (Å²) >= 11 is 5.68. The van der Waals surface area contributed by atoms with Crippen molar-refractivity contribution in [2.24, 2.45) is 0 Å². The zero-order valence-electron chi connectivity index (χ0n) is 7.28. The number of hydrogen-bond acceptors (Lipinski definition) is 3. The molecule has 0 aromatic heterocycles. The summed E-state index contributed by atoms with van der Waals surface area (Å²) in [7, 11) is 0. The maximum absolute atomic E-state index is 10.6. The first kappa shape index (κ1) is 10.5. The molecule has 14 heavy (non-hydrogen) atoms. The summed E-state index contributed by atoms with van der Waals surface area (Å²) in [6.45, 7) is 1.24. The summed E-state index contributed by atoms with van der Waals surface area (Å²) in [5, 5.41) is 8.71. The first-order valence-electron chi connectivity index (χ1n) is 3.72. The number of carboxylic acids is 1. The van der Waals surface area contributed by atoms with Crippen LogP contribution in [-0.2, 0) is 4.79 Å². The molecule has 0 saturated heterocycles. The van der Waals surface area contributed by atoms with E-state index in [1.54, 1.807) is 0 Å². The molecule has 0 heterocycles. The molecule has 0 saturated carbocycles. The summed E-state index contributed by atoms with van der Waals surface area (Å²) < 4.78 is 4.72. The summed E-state index contributed by atoms with van der Waals surface area (Å²) in [4.78, 5) is 21.1. The Morgan fingerprint density at radius 3 is 2.50 bits per heavy atom. The first-order chi connectivity index (χ1) is 6.50. The van der Waals surface area contributed by atoms with Gasteiger partial charge in [-0.3, -0.25) is 4.79 Å². The molecular formula is C9H7ClO4. The molecular weight excluding hydrogens is 208 g/mol. The lowest BCUT2D eigenvalue weighted by atomic mass is 10.2. The highest BCUT2D eigenvalue weighted by atomic mass is 35.5. The van der Waals surface area contributed by atoms with Crippen molar-refractivity contribution < 1.29 is 19.4 Å². The van der Waals surface area contributed by atoms with Gasteiger partial charge >= 0.3 is 11.9 Å². The van der Waals surface area contributed by atoms with Crippen molar-refractivity contribution >= 4 is 23.5 Å². The monoisotopic (exact) mass is 214 g/mol. The second-order valence-electron chi connectivity index (χ2n) is 2.54. The van der Waals surface area contributed by atoms with E-state index in [0.717, 1.165) is 0 Å². The van der Waals surface area contributed by atoms with Crippen LogP contribution in [0.15, 0.2) is 18.2 Å². The van der Waals surface area contributed by atoms with Crippen molar-refractivity contribution in [3.8, 4) is 5.75 Å². The lowest BCUT2D eigenvalue weighted by Crippen LogP contribution is -2.03. The molecule has 1 rings (SSSR count). The predicted molar refractivity (Wildman–Crippen MR) is 49.7 cm³/mol. The van der Waals surface area contributed by atoms with Gasteiger partial charge < -0.3 is 9.84 Å². The molecule has 74 valence electrons. The SMILES string of the molecule is CC(=O)Oc1ccc(C(=O)O)cc1Cl. The number of ether oxygens (including phenoxy) is 1. The van der Waals surface area contributed by atoms with E-state index in [1.807, 2.05) is 0 Å². The van der Waals surface area contributed by atoms with Gasteiger partial charge in [0.15, 0.2) is 0 Å². The number of hydrogen-bond donors (Lipinski definition) is 1. The van der Waals surface area contributed by atoms with E-state index in [-0.39, 0.29) is 16.3 Å². The van der Waals surface area contributed by atoms with Gasteiger partial charge in [-0.15, -0.1) is 0 Å². The molecule has 1 aromatic carbocycles. The third kappa shape index (κ3) is 2.47. The maximum Gasteiger partial charge on any atom is 0.335 e. The highest BCUT2D eigenvalue weighted by Crippen LogP contribution is 2.25. The Bertz CT molecular complexity index is 386. The Morgan fingerprint density at radius 2 is 2.07 bits per heavy atom. The molecule has 0 amide bonds. The molecule has 1 aromatic rings. The van der Waals surface area contributed by atoms with Crippen molar-refractivity contribution in [1.29, 1.82) is 0 Å². The van der Waals surface area contributed by atoms with Gasteiger partial charge in [0.1, 0.15) is 5.75 Å². The number of esters is 1. The zero-order valence-corrected chi connectivity index (χ0v) is 8.04. The smallest absolute Gasteiger partial charge is 0.335 e. The second kappa shape index (κ2) is 4.11. The van der Waals surface area contributed by atoms with Crippen LogP contribution in [0.3, 0.4) is 0 Å². The summed E-state index contributed by atoms with van der Waals surface area (Å²) in [6.07, 6.45) is 0. The summed E-state index contributed by atoms with van der Waals surface area (Å²) in [6, 6.07) is 3.88. The average Bonchev–Trinajstić information content (AvgIpc) is 2.07. The highest BCUT2D eigenvalue weighted by molar-refractivity contribution is 6.32. The zero-order chi connectivity index (χ0) is 10.7. The van der Waals surface area contributed by atoms with Gasteiger partial charge in [-0.1, -0.05) is 11.6 Å². The lowest BCUT2D eigenvalue weighted by molar-refractivity contribution is -0.131. The third-order valence-electron chi connectivity index (χ3n) is 1.43. The highest BCUT2D eigenvalue weighted by Gasteiger charge is 2.08. The fourth-order valence-electron chi connectivity index (χ4n) is 0.871. The molecule has 0 radical (unpaired) electrons. The minimum absolute atomic E-state index is 0.0471. The van der Waals surface area contributed by atoms with Crippen molar-refractivity contribution in [3.63, 3.8) is 0 Å². The molecule has 4 nitrogen and oxygen atoms in total. The number of carboxylic acid groups (broad SMARTS) is 1. The van der Waals surface area contributed by atoms with Crippen molar-refractivity contribution in [3.05, 3.63) is 28.8 Å². The lowest BCUT2D eigenvalue weighted by Gasteiger charge is -2.03. The van der Waals surface area contributed by atoms with Crippen LogP contribution >= 0.6 is 11.6 Å². The van der Waals surface area contributed by atoms with Gasteiger partial charge in [0, 0.05) is 6.92 Å². The largest absolute Gasteiger partial charge is 0.478 e. The minimum atomic E-state index is -1.08. The molecule has 0 unspecified atom stereocenters. The summed E-state index contributed by atoms with van der Waals surface area (Å²) in [5.41, 5.74) is 0.0471. The van der Waals surface area contributed by atoms with Crippen LogP contribution in [0.4, 0.5) is 0 Å². The Balaban J connectivity index is 3.01. The van der Waals surface area contributed by atoms with E-state index in [9.17, 15) is 9.59 Å². The topological polar surface area (TPSA) is 63.6 Å². The van der Waals surface area contributed by atoms with Crippen molar-refractivity contribution in [2.75, 3.05) is 0 Å². The molecule has 0 aliphatic carbocycles. The van der Waals surface area contributed by atoms with Gasteiger partial charge in [0.2, 0.25) is 0 Å². The Hall–Kier alpha value is -1.55. The minimum Gasteiger partial charge on any atom is -0.478 e. The molecule has 0 bridgehead atoms. The second-order valence-corrected chi connectivity index (χ2v) is 2.95. The van der Waals surface area contributed by atoms with Crippen molar-refractivity contribution in [2.45, 2.75) is 6.92 Å². The fraction of sp³-hybridized carbons (Fsp3) is 0.111. The van der Waals surface area contributed by atoms with Gasteiger partial charge in [-0.05, 0) is 18.2 Å². The number of aromatic carboxylic acids is 1. The normalized spacial score (nSPS) is 9.57. The van der Waals surface area contributed by atoms with Crippen LogP contribution in [0.2, 0.25) is 5.02 Å². The molecule has 0 spiro atoms. The van der Waals surface area contributed by atoms with E-state index in [4.69, 9.17) is 21.4 Å². The third-order valence-corrected chi connectivity index (χ3v) is 1.73. The van der Waals surface area contributed by atoms with Crippen LogP contribution in [0.5, 0.6) is 5.75 Å². The van der Waals surface area contributed by atoms with E-state index in [2.05, 4.69) is 0 Å². The summed E-state index contributed by atoms with van der Waals surface area (Å²) in [5.74, 6) is -1.43. The molecule has 1 N–H and O–H groups in total. The number of rotatable bonds is 2. The van der Waals surface area contributed by atoms with Crippen molar-refractivity contribution in [1.82, 2.24) is 0 Å². The Kier molecular flexibility index (Phi) is 3.09. The quantitative estimate of drug-likeness (QED) is 0.604. The van der Waals surface area contributed by atoms with Gasteiger partial charge in [-0.25, -0.2) is 4.79 Å². The van der Waals surface area contributed by atoms with Crippen LogP contribution in [0.25, 0.3) is 0 Å².